The molecule has 2 rings (SSSR count). The average molecular weight is 333 g/mol. The summed E-state index contributed by atoms with van der Waals surface area (Å²) in [6, 6.07) is 6.36. The summed E-state index contributed by atoms with van der Waals surface area (Å²) in [7, 11) is 0. The lowest BCUT2D eigenvalue weighted by molar-refractivity contribution is -0.122. The summed E-state index contributed by atoms with van der Waals surface area (Å²) in [5, 5.41) is 10.8. The standard InChI is InChI=1S/C18H24FN3O2/c1-12(2)11-16(18-22-21-13(3)24-18)20-17(23)10-6-8-14-7-4-5-9-15(14)19/h4-5,7,9,12,16H,6,8,10-11H2,1-3H3,(H,20,23). The van der Waals surface area contributed by atoms with E-state index < -0.39 is 0 Å². The molecule has 130 valence electrons. The van der Waals surface area contributed by atoms with Gasteiger partial charge in [-0.1, -0.05) is 32.0 Å². The molecule has 0 aliphatic heterocycles. The van der Waals surface area contributed by atoms with Crippen LogP contribution in [-0.4, -0.2) is 16.1 Å². The minimum atomic E-state index is -0.285. The number of hydrogen-bond donors (Lipinski definition) is 1. The number of nitrogens with one attached hydrogen (secondary N) is 1. The number of rotatable bonds is 8. The summed E-state index contributed by atoms with van der Waals surface area (Å²) >= 11 is 0. The molecule has 0 radical (unpaired) electrons. The van der Waals surface area contributed by atoms with Gasteiger partial charge in [-0.3, -0.25) is 4.79 Å². The van der Waals surface area contributed by atoms with Crippen LogP contribution in [0.15, 0.2) is 28.7 Å². The number of hydrogen-bond acceptors (Lipinski definition) is 4. The van der Waals surface area contributed by atoms with E-state index in [4.69, 9.17) is 4.42 Å². The van der Waals surface area contributed by atoms with E-state index in [2.05, 4.69) is 29.4 Å². The zero-order valence-electron chi connectivity index (χ0n) is 14.4. The topological polar surface area (TPSA) is 68.0 Å². The molecule has 5 nitrogen and oxygen atoms in total. The molecule has 1 N–H and O–H groups in total. The number of carbonyl (C=O) groups is 1. The number of halogens is 1. The summed E-state index contributed by atoms with van der Waals surface area (Å²) in [6.07, 6.45) is 2.18. The van der Waals surface area contributed by atoms with E-state index in [0.29, 0.717) is 42.5 Å². The monoisotopic (exact) mass is 333 g/mol. The second kappa shape index (κ2) is 8.57. The normalized spacial score (nSPS) is 12.4. The van der Waals surface area contributed by atoms with Crippen molar-refractivity contribution in [1.29, 1.82) is 0 Å². The maximum atomic E-state index is 13.6. The van der Waals surface area contributed by atoms with Crippen molar-refractivity contribution in [3.63, 3.8) is 0 Å². The zero-order chi connectivity index (χ0) is 17.5. The Balaban J connectivity index is 1.87. The smallest absolute Gasteiger partial charge is 0.238 e. The summed E-state index contributed by atoms with van der Waals surface area (Å²) in [4.78, 5) is 12.2. The van der Waals surface area contributed by atoms with Crippen molar-refractivity contribution in [2.24, 2.45) is 5.92 Å². The van der Waals surface area contributed by atoms with Crippen LogP contribution in [0.25, 0.3) is 0 Å². The van der Waals surface area contributed by atoms with Gasteiger partial charge in [0.2, 0.25) is 17.7 Å². The molecule has 1 aromatic carbocycles. The van der Waals surface area contributed by atoms with Crippen molar-refractivity contribution in [2.45, 2.75) is 52.5 Å². The Kier molecular flexibility index (Phi) is 6.46. The molecule has 1 amide bonds. The first-order chi connectivity index (χ1) is 11.5. The third-order valence-corrected chi connectivity index (χ3v) is 3.69. The summed E-state index contributed by atoms with van der Waals surface area (Å²) in [6.45, 7) is 5.86. The van der Waals surface area contributed by atoms with Gasteiger partial charge in [0, 0.05) is 13.3 Å². The molecule has 1 atom stereocenters. The molecule has 0 bridgehead atoms. The van der Waals surface area contributed by atoms with Crippen molar-refractivity contribution in [3.05, 3.63) is 47.4 Å². The van der Waals surface area contributed by atoms with Crippen LogP contribution in [0.3, 0.4) is 0 Å². The maximum Gasteiger partial charge on any atom is 0.238 e. The highest BCUT2D eigenvalue weighted by Crippen LogP contribution is 2.20. The molecule has 1 aromatic heterocycles. The molecule has 24 heavy (non-hydrogen) atoms. The quantitative estimate of drug-likeness (QED) is 0.799. The lowest BCUT2D eigenvalue weighted by Gasteiger charge is -2.17. The van der Waals surface area contributed by atoms with Crippen molar-refractivity contribution in [3.8, 4) is 0 Å². The van der Waals surface area contributed by atoms with Crippen LogP contribution < -0.4 is 5.32 Å². The van der Waals surface area contributed by atoms with E-state index in [1.165, 1.54) is 6.07 Å². The molecular formula is C18H24FN3O2. The van der Waals surface area contributed by atoms with E-state index in [0.717, 1.165) is 6.42 Å². The van der Waals surface area contributed by atoms with E-state index in [9.17, 15) is 9.18 Å². The molecule has 2 aromatic rings. The molecule has 0 saturated carbocycles. The fraction of sp³-hybridized carbons (Fsp3) is 0.500. The second-order valence-corrected chi connectivity index (χ2v) is 6.35. The number of benzene rings is 1. The van der Waals surface area contributed by atoms with Crippen LogP contribution in [0.1, 0.15) is 56.5 Å². The molecule has 1 heterocycles. The highest BCUT2D eigenvalue weighted by atomic mass is 19.1. The van der Waals surface area contributed by atoms with Gasteiger partial charge in [0.25, 0.3) is 0 Å². The van der Waals surface area contributed by atoms with Gasteiger partial charge in [-0.2, -0.15) is 0 Å². The van der Waals surface area contributed by atoms with Crippen LogP contribution in [-0.2, 0) is 11.2 Å². The Hall–Kier alpha value is -2.24. The SMILES string of the molecule is Cc1nnc(C(CC(C)C)NC(=O)CCCc2ccccc2F)o1. The molecule has 1 unspecified atom stereocenters. The third kappa shape index (κ3) is 5.44. The van der Waals surface area contributed by atoms with E-state index in [-0.39, 0.29) is 17.8 Å². The van der Waals surface area contributed by atoms with E-state index in [1.807, 2.05) is 0 Å². The maximum absolute atomic E-state index is 13.6. The average Bonchev–Trinajstić information content (AvgIpc) is 2.95. The Labute approximate surface area is 141 Å². The summed E-state index contributed by atoms with van der Waals surface area (Å²) in [5.74, 6) is 0.974. The first-order valence-electron chi connectivity index (χ1n) is 8.28. The van der Waals surface area contributed by atoms with Crippen LogP contribution >= 0.6 is 0 Å². The van der Waals surface area contributed by atoms with Gasteiger partial charge in [-0.15, -0.1) is 10.2 Å². The Morgan fingerprint density at radius 1 is 1.29 bits per heavy atom. The molecule has 0 aliphatic rings. The van der Waals surface area contributed by atoms with E-state index >= 15 is 0 Å². The zero-order valence-corrected chi connectivity index (χ0v) is 14.4. The molecule has 0 fully saturated rings. The second-order valence-electron chi connectivity index (χ2n) is 6.35. The largest absolute Gasteiger partial charge is 0.423 e. The molecule has 0 aliphatic carbocycles. The predicted molar refractivity (Wildman–Crippen MR) is 88.7 cm³/mol. The van der Waals surface area contributed by atoms with Crippen LogP contribution in [0.4, 0.5) is 4.39 Å². The lowest BCUT2D eigenvalue weighted by Crippen LogP contribution is -2.29. The molecule has 0 saturated heterocycles. The van der Waals surface area contributed by atoms with Crippen molar-refractivity contribution < 1.29 is 13.6 Å². The van der Waals surface area contributed by atoms with Gasteiger partial charge in [0.05, 0.1) is 0 Å². The molecule has 0 spiro atoms. The number of amides is 1. The van der Waals surface area contributed by atoms with Crippen LogP contribution in [0, 0.1) is 18.7 Å². The van der Waals surface area contributed by atoms with Gasteiger partial charge < -0.3 is 9.73 Å². The number of aryl methyl sites for hydroxylation is 2. The fourth-order valence-electron chi connectivity index (χ4n) is 2.55. The fourth-order valence-corrected chi connectivity index (χ4v) is 2.55. The first-order valence-corrected chi connectivity index (χ1v) is 8.28. The first kappa shape index (κ1) is 18.1. The van der Waals surface area contributed by atoms with Crippen molar-refractivity contribution in [2.75, 3.05) is 0 Å². The highest BCUT2D eigenvalue weighted by Gasteiger charge is 2.21. The van der Waals surface area contributed by atoms with E-state index in [1.54, 1.807) is 25.1 Å². The van der Waals surface area contributed by atoms with Gasteiger partial charge in [-0.25, -0.2) is 4.39 Å². The van der Waals surface area contributed by atoms with Gasteiger partial charge >= 0.3 is 0 Å². The van der Waals surface area contributed by atoms with Crippen LogP contribution in [0.2, 0.25) is 0 Å². The number of nitrogens with zero attached hydrogens (tertiary/aromatic N) is 2. The third-order valence-electron chi connectivity index (χ3n) is 3.69. The Bertz CT molecular complexity index is 670. The number of carbonyl (C=O) groups excluding carboxylic acids is 1. The number of aromatic nitrogens is 2. The van der Waals surface area contributed by atoms with Gasteiger partial charge in [-0.05, 0) is 36.8 Å². The molecule has 6 heteroatoms. The van der Waals surface area contributed by atoms with Crippen molar-refractivity contribution in [1.82, 2.24) is 15.5 Å². The minimum Gasteiger partial charge on any atom is -0.423 e. The Morgan fingerprint density at radius 3 is 2.67 bits per heavy atom. The van der Waals surface area contributed by atoms with Crippen molar-refractivity contribution >= 4 is 5.91 Å². The lowest BCUT2D eigenvalue weighted by atomic mass is 10.0. The minimum absolute atomic E-state index is 0.0900. The Morgan fingerprint density at radius 2 is 2.04 bits per heavy atom. The summed E-state index contributed by atoms with van der Waals surface area (Å²) < 4.78 is 19.0. The van der Waals surface area contributed by atoms with Crippen LogP contribution in [0.5, 0.6) is 0 Å². The predicted octanol–water partition coefficient (Wildman–Crippen LogP) is 3.74. The van der Waals surface area contributed by atoms with Gasteiger partial charge in [0.15, 0.2) is 0 Å². The highest BCUT2D eigenvalue weighted by molar-refractivity contribution is 5.76. The summed E-state index contributed by atoms with van der Waals surface area (Å²) in [5.41, 5.74) is 0.636. The van der Waals surface area contributed by atoms with Gasteiger partial charge in [0.1, 0.15) is 11.9 Å². The molecular weight excluding hydrogens is 309 g/mol.